The normalized spacial score (nSPS) is 10.3. The van der Waals surface area contributed by atoms with Crippen LogP contribution in [-0.2, 0) is 6.54 Å². The first-order valence-electron chi connectivity index (χ1n) is 5.40. The van der Waals surface area contributed by atoms with E-state index in [1.165, 1.54) is 18.3 Å². The molecule has 0 unspecified atom stereocenters. The molecule has 0 aliphatic carbocycles. The number of hydrogen-bond donors (Lipinski definition) is 1. The number of halogens is 3. The average molecular weight is 283 g/mol. The molecule has 1 heterocycles. The molecule has 2 rings (SSSR count). The first kappa shape index (κ1) is 13.4. The van der Waals surface area contributed by atoms with Gasteiger partial charge in [-0.05, 0) is 18.2 Å². The van der Waals surface area contributed by atoms with Gasteiger partial charge in [-0.25, -0.2) is 13.8 Å². The van der Waals surface area contributed by atoms with Gasteiger partial charge >= 0.3 is 0 Å². The van der Waals surface area contributed by atoms with E-state index < -0.39 is 17.5 Å². The molecule has 0 bridgehead atoms. The maximum Gasteiger partial charge on any atom is 0.254 e. The van der Waals surface area contributed by atoms with Gasteiger partial charge in [-0.1, -0.05) is 17.7 Å². The molecule has 98 valence electrons. The molecular weight excluding hydrogens is 274 g/mol. The van der Waals surface area contributed by atoms with Gasteiger partial charge in [0.1, 0.15) is 16.8 Å². The highest BCUT2D eigenvalue weighted by atomic mass is 35.5. The van der Waals surface area contributed by atoms with E-state index in [0.29, 0.717) is 0 Å². The van der Waals surface area contributed by atoms with Crippen molar-refractivity contribution in [3.63, 3.8) is 0 Å². The molecular formula is C13H9ClF2N2O. The second-order valence-corrected chi connectivity index (χ2v) is 4.12. The van der Waals surface area contributed by atoms with Gasteiger partial charge in [0.25, 0.3) is 5.91 Å². The van der Waals surface area contributed by atoms with Crippen molar-refractivity contribution in [1.82, 2.24) is 10.3 Å². The van der Waals surface area contributed by atoms with E-state index >= 15 is 0 Å². The molecule has 0 radical (unpaired) electrons. The van der Waals surface area contributed by atoms with Crippen LogP contribution in [0.5, 0.6) is 0 Å². The van der Waals surface area contributed by atoms with Crippen LogP contribution in [-0.4, -0.2) is 10.9 Å². The van der Waals surface area contributed by atoms with Crippen LogP contribution in [0.15, 0.2) is 36.5 Å². The summed E-state index contributed by atoms with van der Waals surface area (Å²) in [4.78, 5) is 15.6. The highest BCUT2D eigenvalue weighted by Gasteiger charge is 2.11. The van der Waals surface area contributed by atoms with E-state index in [2.05, 4.69) is 10.3 Å². The molecule has 0 fully saturated rings. The molecule has 1 aromatic carbocycles. The van der Waals surface area contributed by atoms with Gasteiger partial charge in [0.2, 0.25) is 0 Å². The largest absolute Gasteiger partial charge is 0.348 e. The lowest BCUT2D eigenvalue weighted by Gasteiger charge is -2.07. The highest BCUT2D eigenvalue weighted by molar-refractivity contribution is 6.32. The van der Waals surface area contributed by atoms with Crippen LogP contribution in [0.3, 0.4) is 0 Å². The quantitative estimate of drug-likeness (QED) is 0.880. The van der Waals surface area contributed by atoms with E-state index in [1.807, 2.05) is 0 Å². The third-order valence-electron chi connectivity index (χ3n) is 2.46. The smallest absolute Gasteiger partial charge is 0.254 e. The first-order chi connectivity index (χ1) is 9.08. The van der Waals surface area contributed by atoms with Gasteiger partial charge in [-0.3, -0.25) is 4.79 Å². The van der Waals surface area contributed by atoms with E-state index in [0.717, 1.165) is 12.1 Å². The van der Waals surface area contributed by atoms with Crippen LogP contribution >= 0.6 is 11.6 Å². The second kappa shape index (κ2) is 5.75. The standard InChI is InChI=1S/C13H9ClF2N2O/c14-12-10(2-1-5-17-12)13(19)18-7-8-3-4-9(15)6-11(8)16/h1-6H,7H2,(H,18,19). The Kier molecular flexibility index (Phi) is 4.06. The van der Waals surface area contributed by atoms with Crippen LogP contribution in [0, 0.1) is 11.6 Å². The van der Waals surface area contributed by atoms with Crippen LogP contribution < -0.4 is 5.32 Å². The van der Waals surface area contributed by atoms with E-state index in [-0.39, 0.29) is 22.8 Å². The number of nitrogens with zero attached hydrogens (tertiary/aromatic N) is 1. The number of carbonyl (C=O) groups is 1. The van der Waals surface area contributed by atoms with Gasteiger partial charge in [-0.15, -0.1) is 0 Å². The lowest BCUT2D eigenvalue weighted by Crippen LogP contribution is -2.23. The maximum atomic E-state index is 13.4. The van der Waals surface area contributed by atoms with Crippen molar-refractivity contribution in [2.45, 2.75) is 6.54 Å². The van der Waals surface area contributed by atoms with Gasteiger partial charge < -0.3 is 5.32 Å². The monoisotopic (exact) mass is 282 g/mol. The predicted octanol–water partition coefficient (Wildman–Crippen LogP) is 2.94. The van der Waals surface area contributed by atoms with Gasteiger partial charge in [0.05, 0.1) is 5.56 Å². The van der Waals surface area contributed by atoms with Crippen molar-refractivity contribution in [3.8, 4) is 0 Å². The minimum atomic E-state index is -0.711. The molecule has 0 spiro atoms. The number of rotatable bonds is 3. The zero-order valence-electron chi connectivity index (χ0n) is 9.66. The molecule has 0 saturated heterocycles. The average Bonchev–Trinajstić information content (AvgIpc) is 2.38. The molecule has 3 nitrogen and oxygen atoms in total. The minimum Gasteiger partial charge on any atom is -0.348 e. The summed E-state index contributed by atoms with van der Waals surface area (Å²) in [6, 6.07) is 6.24. The molecule has 0 aliphatic rings. The summed E-state index contributed by atoms with van der Waals surface area (Å²) in [5.74, 6) is -1.85. The summed E-state index contributed by atoms with van der Waals surface area (Å²) < 4.78 is 26.1. The van der Waals surface area contributed by atoms with Crippen LogP contribution in [0.1, 0.15) is 15.9 Å². The Bertz CT molecular complexity index is 619. The Morgan fingerprint density at radius 3 is 2.79 bits per heavy atom. The van der Waals surface area contributed by atoms with E-state index in [4.69, 9.17) is 11.6 Å². The lowest BCUT2D eigenvalue weighted by molar-refractivity contribution is 0.0950. The predicted molar refractivity (Wildman–Crippen MR) is 66.8 cm³/mol. The van der Waals surface area contributed by atoms with Crippen LogP contribution in [0.4, 0.5) is 8.78 Å². The van der Waals surface area contributed by atoms with Gasteiger partial charge in [0, 0.05) is 24.4 Å². The number of amides is 1. The summed E-state index contributed by atoms with van der Waals surface area (Å²) in [5, 5.41) is 2.56. The number of carbonyl (C=O) groups excluding carboxylic acids is 1. The van der Waals surface area contributed by atoms with Crippen LogP contribution in [0.2, 0.25) is 5.15 Å². The Balaban J connectivity index is 2.07. The third kappa shape index (κ3) is 3.26. The van der Waals surface area contributed by atoms with Crippen molar-refractivity contribution < 1.29 is 13.6 Å². The summed E-state index contributed by atoms with van der Waals surface area (Å²) >= 11 is 5.76. The van der Waals surface area contributed by atoms with Crippen molar-refractivity contribution >= 4 is 17.5 Å². The Morgan fingerprint density at radius 1 is 1.32 bits per heavy atom. The zero-order chi connectivity index (χ0) is 13.8. The molecule has 0 aliphatic heterocycles. The number of benzene rings is 1. The molecule has 1 N–H and O–H groups in total. The van der Waals surface area contributed by atoms with Crippen molar-refractivity contribution in [2.24, 2.45) is 0 Å². The fourth-order valence-corrected chi connectivity index (χ4v) is 1.70. The number of nitrogens with one attached hydrogen (secondary N) is 1. The summed E-state index contributed by atoms with van der Waals surface area (Å²) in [6.07, 6.45) is 1.46. The second-order valence-electron chi connectivity index (χ2n) is 3.76. The number of aromatic nitrogens is 1. The van der Waals surface area contributed by atoms with Crippen LogP contribution in [0.25, 0.3) is 0 Å². The fourth-order valence-electron chi connectivity index (χ4n) is 1.49. The van der Waals surface area contributed by atoms with E-state index in [9.17, 15) is 13.6 Å². The summed E-state index contributed by atoms with van der Waals surface area (Å²) in [7, 11) is 0. The first-order valence-corrected chi connectivity index (χ1v) is 5.78. The van der Waals surface area contributed by atoms with Crippen molar-refractivity contribution in [3.05, 3.63) is 64.4 Å². The Hall–Kier alpha value is -2.01. The topological polar surface area (TPSA) is 42.0 Å². The zero-order valence-corrected chi connectivity index (χ0v) is 10.4. The maximum absolute atomic E-state index is 13.4. The highest BCUT2D eigenvalue weighted by Crippen LogP contribution is 2.12. The Labute approximate surface area is 113 Å². The third-order valence-corrected chi connectivity index (χ3v) is 2.76. The molecule has 6 heteroatoms. The summed E-state index contributed by atoms with van der Waals surface area (Å²) in [5.41, 5.74) is 0.390. The van der Waals surface area contributed by atoms with Gasteiger partial charge in [0.15, 0.2) is 0 Å². The SMILES string of the molecule is O=C(NCc1ccc(F)cc1F)c1cccnc1Cl. The fraction of sp³-hybridized carbons (Fsp3) is 0.0769. The van der Waals surface area contributed by atoms with Crippen molar-refractivity contribution in [1.29, 1.82) is 0 Å². The molecule has 1 aromatic heterocycles. The molecule has 0 atom stereocenters. The van der Waals surface area contributed by atoms with Crippen molar-refractivity contribution in [2.75, 3.05) is 0 Å². The van der Waals surface area contributed by atoms with E-state index in [1.54, 1.807) is 6.07 Å². The molecule has 19 heavy (non-hydrogen) atoms. The number of pyridine rings is 1. The summed E-state index contributed by atoms with van der Waals surface area (Å²) in [6.45, 7) is -0.0594. The molecule has 2 aromatic rings. The molecule has 1 amide bonds. The lowest BCUT2D eigenvalue weighted by atomic mass is 10.2. The van der Waals surface area contributed by atoms with Gasteiger partial charge in [-0.2, -0.15) is 0 Å². The number of hydrogen-bond acceptors (Lipinski definition) is 2. The Morgan fingerprint density at radius 2 is 2.11 bits per heavy atom. The molecule has 0 saturated carbocycles. The minimum absolute atomic E-state index is 0.0594.